The number of aryl methyl sites for hydroxylation is 2. The van der Waals surface area contributed by atoms with Crippen molar-refractivity contribution in [2.75, 3.05) is 4.72 Å². The second-order valence-corrected chi connectivity index (χ2v) is 12.4. The Kier molecular flexibility index (Phi) is 7.06. The predicted molar refractivity (Wildman–Crippen MR) is 134 cm³/mol. The van der Waals surface area contributed by atoms with E-state index in [0.29, 0.717) is 18.5 Å². The highest BCUT2D eigenvalue weighted by Gasteiger charge is 2.30. The molecule has 3 aromatic carbocycles. The lowest BCUT2D eigenvalue weighted by molar-refractivity contribution is 0.0697. The number of sulfone groups is 1. The lowest BCUT2D eigenvalue weighted by Gasteiger charge is -2.13. The van der Waals surface area contributed by atoms with Crippen LogP contribution in [0.4, 0.5) is 5.69 Å². The Balaban J connectivity index is 1.58. The van der Waals surface area contributed by atoms with Crippen molar-refractivity contribution in [3.05, 3.63) is 107 Å². The van der Waals surface area contributed by atoms with E-state index in [9.17, 15) is 21.6 Å². The van der Waals surface area contributed by atoms with Crippen LogP contribution in [0.15, 0.2) is 104 Å². The number of carboxylic acids is 1. The molecule has 0 fully saturated rings. The number of benzene rings is 3. The third-order valence-electron chi connectivity index (χ3n) is 5.33. The number of carbonyl (C=O) groups is 1. The summed E-state index contributed by atoms with van der Waals surface area (Å²) in [5.74, 6) is -1.00. The van der Waals surface area contributed by atoms with Gasteiger partial charge in [-0.05, 0) is 65.7 Å². The smallest absolute Gasteiger partial charge is 0.335 e. The summed E-state index contributed by atoms with van der Waals surface area (Å²) in [6.45, 7) is 0. The molecular weight excluding hydrogens is 506 g/mol. The van der Waals surface area contributed by atoms with Gasteiger partial charge >= 0.3 is 5.97 Å². The largest absolute Gasteiger partial charge is 0.478 e. The van der Waals surface area contributed by atoms with Crippen LogP contribution in [-0.4, -0.2) is 27.9 Å². The number of anilines is 1. The van der Waals surface area contributed by atoms with Crippen molar-refractivity contribution in [2.45, 2.75) is 26.8 Å². The molecule has 0 aliphatic carbocycles. The van der Waals surface area contributed by atoms with Gasteiger partial charge in [-0.15, -0.1) is 11.3 Å². The van der Waals surface area contributed by atoms with Crippen LogP contribution in [0.3, 0.4) is 0 Å². The molecule has 1 aromatic heterocycles. The molecule has 0 spiro atoms. The fourth-order valence-electron chi connectivity index (χ4n) is 3.53. The molecule has 0 radical (unpaired) electrons. The lowest BCUT2D eigenvalue weighted by atomic mass is 10.0. The molecule has 0 aliphatic rings. The van der Waals surface area contributed by atoms with Gasteiger partial charge in [-0.1, -0.05) is 48.5 Å². The molecule has 0 bridgehead atoms. The number of carboxylic acid groups (broad SMARTS) is 1. The first kappa shape index (κ1) is 24.6. The number of nitrogens with one attached hydrogen (secondary N) is 1. The number of hydrogen-bond donors (Lipinski definition) is 2. The van der Waals surface area contributed by atoms with Crippen molar-refractivity contribution in [1.29, 1.82) is 0 Å². The molecule has 10 heteroatoms. The summed E-state index contributed by atoms with van der Waals surface area (Å²) >= 11 is 0.839. The molecule has 0 unspecified atom stereocenters. The Morgan fingerprint density at radius 3 is 2.14 bits per heavy atom. The zero-order chi connectivity index (χ0) is 25.1. The number of para-hydroxylation sites is 1. The Bertz CT molecular complexity index is 1560. The number of aromatic carboxylic acids is 1. The summed E-state index contributed by atoms with van der Waals surface area (Å²) in [4.78, 5) is 10.8. The van der Waals surface area contributed by atoms with E-state index in [0.717, 1.165) is 22.5 Å². The monoisotopic (exact) mass is 527 g/mol. The van der Waals surface area contributed by atoms with E-state index in [1.54, 1.807) is 54.6 Å². The van der Waals surface area contributed by atoms with Crippen LogP contribution >= 0.6 is 11.3 Å². The van der Waals surface area contributed by atoms with Crippen molar-refractivity contribution in [3.8, 4) is 0 Å². The van der Waals surface area contributed by atoms with Gasteiger partial charge in [0.05, 0.1) is 16.1 Å². The van der Waals surface area contributed by atoms with Gasteiger partial charge in [0.25, 0.3) is 10.0 Å². The van der Waals surface area contributed by atoms with E-state index in [-0.39, 0.29) is 19.6 Å². The molecule has 0 amide bonds. The first-order valence-corrected chi connectivity index (χ1v) is 14.3. The highest BCUT2D eigenvalue weighted by Crippen LogP contribution is 2.33. The van der Waals surface area contributed by atoms with E-state index in [2.05, 4.69) is 4.72 Å². The fraction of sp³-hybridized carbons (Fsp3) is 0.0800. The van der Waals surface area contributed by atoms with Gasteiger partial charge in [-0.2, -0.15) is 0 Å². The second kappa shape index (κ2) is 10.0. The third kappa shape index (κ3) is 5.45. The topological polar surface area (TPSA) is 118 Å². The van der Waals surface area contributed by atoms with E-state index >= 15 is 0 Å². The summed E-state index contributed by atoms with van der Waals surface area (Å²) in [5, 5.41) is 10.5. The molecule has 1 heterocycles. The molecular formula is C25H21NO6S3. The first-order valence-electron chi connectivity index (χ1n) is 10.5. The number of rotatable bonds is 9. The van der Waals surface area contributed by atoms with Gasteiger partial charge in [-0.25, -0.2) is 21.6 Å². The summed E-state index contributed by atoms with van der Waals surface area (Å²) < 4.78 is 55.0. The van der Waals surface area contributed by atoms with Crippen molar-refractivity contribution in [3.63, 3.8) is 0 Å². The summed E-state index contributed by atoms with van der Waals surface area (Å²) in [6, 6.07) is 22.4. The average Bonchev–Trinajstić information content (AvgIpc) is 3.36. The highest BCUT2D eigenvalue weighted by molar-refractivity contribution is 7.96. The predicted octanol–water partition coefficient (Wildman–Crippen LogP) is 4.87. The van der Waals surface area contributed by atoms with Gasteiger partial charge in [0.2, 0.25) is 9.84 Å². The third-order valence-corrected chi connectivity index (χ3v) is 10.2. The Morgan fingerprint density at radius 2 is 1.46 bits per heavy atom. The van der Waals surface area contributed by atoms with Gasteiger partial charge in [0.15, 0.2) is 4.21 Å². The minimum absolute atomic E-state index is 0.0177. The Labute approximate surface area is 207 Å². The number of thiophene rings is 1. The Morgan fingerprint density at radius 1 is 0.800 bits per heavy atom. The number of sulfonamides is 1. The molecule has 7 nitrogen and oxygen atoms in total. The van der Waals surface area contributed by atoms with Gasteiger partial charge in [0, 0.05) is 0 Å². The first-order chi connectivity index (χ1) is 16.7. The van der Waals surface area contributed by atoms with Crippen LogP contribution in [0, 0.1) is 0 Å². The molecule has 180 valence electrons. The van der Waals surface area contributed by atoms with E-state index < -0.39 is 25.8 Å². The normalized spacial score (nSPS) is 11.8. The summed E-state index contributed by atoms with van der Waals surface area (Å²) in [6.07, 6.45) is 1.05. The van der Waals surface area contributed by atoms with Crippen molar-refractivity contribution >= 4 is 42.9 Å². The van der Waals surface area contributed by atoms with Gasteiger partial charge < -0.3 is 5.11 Å². The molecule has 4 aromatic rings. The van der Waals surface area contributed by atoms with Crippen LogP contribution < -0.4 is 4.72 Å². The SMILES string of the molecule is O=C(O)c1ccc(CCc2ccccc2NS(=O)(=O)c2sccc2S(=O)(=O)c2ccccc2)cc1. The minimum atomic E-state index is -4.19. The fourth-order valence-corrected chi connectivity index (χ4v) is 8.21. The van der Waals surface area contributed by atoms with Crippen molar-refractivity contribution in [1.82, 2.24) is 0 Å². The summed E-state index contributed by atoms with van der Waals surface area (Å²) in [7, 11) is -8.21. The van der Waals surface area contributed by atoms with Crippen LogP contribution in [0.1, 0.15) is 21.5 Å². The molecule has 2 N–H and O–H groups in total. The van der Waals surface area contributed by atoms with Crippen LogP contribution in [0.5, 0.6) is 0 Å². The lowest BCUT2D eigenvalue weighted by Crippen LogP contribution is -2.16. The van der Waals surface area contributed by atoms with Gasteiger partial charge in [-0.3, -0.25) is 4.72 Å². The molecule has 0 aliphatic heterocycles. The van der Waals surface area contributed by atoms with Gasteiger partial charge in [0.1, 0.15) is 4.90 Å². The second-order valence-electron chi connectivity index (χ2n) is 7.65. The van der Waals surface area contributed by atoms with Crippen LogP contribution in [0.25, 0.3) is 0 Å². The van der Waals surface area contributed by atoms with E-state index in [1.165, 1.54) is 35.7 Å². The number of hydrogen-bond acceptors (Lipinski definition) is 6. The van der Waals surface area contributed by atoms with Crippen molar-refractivity contribution < 1.29 is 26.7 Å². The van der Waals surface area contributed by atoms with E-state index in [4.69, 9.17) is 5.11 Å². The zero-order valence-corrected chi connectivity index (χ0v) is 20.7. The zero-order valence-electron chi connectivity index (χ0n) is 18.3. The highest BCUT2D eigenvalue weighted by atomic mass is 32.2. The van der Waals surface area contributed by atoms with Crippen LogP contribution in [-0.2, 0) is 32.7 Å². The minimum Gasteiger partial charge on any atom is -0.478 e. The maximum absolute atomic E-state index is 13.3. The maximum atomic E-state index is 13.3. The molecule has 0 atom stereocenters. The summed E-state index contributed by atoms with van der Waals surface area (Å²) in [5.41, 5.74) is 2.18. The van der Waals surface area contributed by atoms with E-state index in [1.807, 2.05) is 0 Å². The van der Waals surface area contributed by atoms with Crippen LogP contribution in [0.2, 0.25) is 0 Å². The average molecular weight is 528 g/mol. The van der Waals surface area contributed by atoms with Crippen molar-refractivity contribution in [2.24, 2.45) is 0 Å². The molecule has 0 saturated carbocycles. The molecule has 35 heavy (non-hydrogen) atoms. The quantitative estimate of drug-likeness (QED) is 0.321. The Hall–Kier alpha value is -3.47. The maximum Gasteiger partial charge on any atom is 0.335 e. The molecule has 4 rings (SSSR count). The standard InChI is InChI=1S/C25H21NO6S3/c27-24(28)20-14-11-18(12-15-20)10-13-19-6-4-5-9-22(19)26-35(31,32)25-23(16-17-33-25)34(29,30)21-7-2-1-3-8-21/h1-9,11-12,14-17,26H,10,13H2,(H,27,28). The molecule has 0 saturated heterocycles.